The highest BCUT2D eigenvalue weighted by Gasteiger charge is 2.15. The topological polar surface area (TPSA) is 50.1 Å². The normalized spacial score (nSPS) is 9.85. The second-order valence-electron chi connectivity index (χ2n) is 3.97. The summed E-state index contributed by atoms with van der Waals surface area (Å²) >= 11 is 6.92. The molecule has 5 heteroatoms. The Morgan fingerprint density at radius 2 is 2.00 bits per heavy atom. The Balaban J connectivity index is 2.56. The van der Waals surface area contributed by atoms with E-state index in [4.69, 9.17) is 15.8 Å². The Morgan fingerprint density at radius 1 is 1.30 bits per heavy atom. The molecule has 3 nitrogen and oxygen atoms in total. The van der Waals surface area contributed by atoms with E-state index in [2.05, 4.69) is 6.07 Å². The van der Waals surface area contributed by atoms with E-state index in [1.54, 1.807) is 12.1 Å². The van der Waals surface area contributed by atoms with Crippen molar-refractivity contribution in [2.75, 3.05) is 0 Å². The average Bonchev–Trinajstić information content (AvgIpc) is 2.45. The molecule has 0 atom stereocenters. The van der Waals surface area contributed by atoms with Gasteiger partial charge in [0.25, 0.3) is 0 Å². The summed E-state index contributed by atoms with van der Waals surface area (Å²) in [5.74, 6) is -0.423. The van der Waals surface area contributed by atoms with Gasteiger partial charge in [0, 0.05) is 17.5 Å². The number of halogens is 1. The van der Waals surface area contributed by atoms with Crippen LogP contribution in [-0.2, 0) is 8.98 Å². The second kappa shape index (κ2) is 6.47. The van der Waals surface area contributed by atoms with Crippen LogP contribution in [0.4, 0.5) is 0 Å². The summed E-state index contributed by atoms with van der Waals surface area (Å²) in [4.78, 5) is 11.6. The predicted octanol–water partition coefficient (Wildman–Crippen LogP) is 4.45. The largest absolute Gasteiger partial charge is 0.386 e. The van der Waals surface area contributed by atoms with Crippen molar-refractivity contribution < 1.29 is 8.98 Å². The van der Waals surface area contributed by atoms with E-state index in [0.29, 0.717) is 15.5 Å². The van der Waals surface area contributed by atoms with Crippen molar-refractivity contribution in [3.05, 3.63) is 53.1 Å². The van der Waals surface area contributed by atoms with Gasteiger partial charge in [-0.3, -0.25) is 4.79 Å². The first kappa shape index (κ1) is 14.4. The molecule has 0 aliphatic heterocycles. The molecule has 0 heterocycles. The van der Waals surface area contributed by atoms with Crippen LogP contribution in [0.5, 0.6) is 0 Å². The number of hydrogen-bond donors (Lipinski definition) is 0. The molecule has 0 unspecified atom stereocenters. The molecule has 0 spiro atoms. The number of carbonyl (C=O) groups is 1. The lowest BCUT2D eigenvalue weighted by molar-refractivity contribution is -0.130. The quantitative estimate of drug-likeness (QED) is 0.786. The molecule has 2 aromatic rings. The molecule has 0 saturated carbocycles. The Bertz CT molecular complexity index is 680. The van der Waals surface area contributed by atoms with Crippen LogP contribution >= 0.6 is 23.6 Å². The molecule has 0 bridgehead atoms. The summed E-state index contributed by atoms with van der Waals surface area (Å²) in [6.45, 7) is 1.32. The van der Waals surface area contributed by atoms with Crippen molar-refractivity contribution in [2.45, 2.75) is 11.8 Å². The van der Waals surface area contributed by atoms with Crippen molar-refractivity contribution in [2.24, 2.45) is 0 Å². The Hall–Kier alpha value is -1.96. The van der Waals surface area contributed by atoms with Gasteiger partial charge in [-0.15, -0.1) is 0 Å². The maximum absolute atomic E-state index is 11.0. The highest BCUT2D eigenvalue weighted by atomic mass is 35.5. The Labute approximate surface area is 126 Å². The van der Waals surface area contributed by atoms with Crippen LogP contribution in [0.15, 0.2) is 47.4 Å². The Kier molecular flexibility index (Phi) is 4.67. The minimum atomic E-state index is -0.423. The number of rotatable bonds is 3. The van der Waals surface area contributed by atoms with Gasteiger partial charge in [0.2, 0.25) is 0 Å². The molecule has 0 aliphatic carbocycles. The zero-order valence-electron chi connectivity index (χ0n) is 10.6. The number of benzene rings is 2. The lowest BCUT2D eigenvalue weighted by Crippen LogP contribution is -1.93. The first-order valence-corrected chi connectivity index (χ1v) is 6.88. The number of carbonyl (C=O) groups excluding carboxylic acids is 1. The second-order valence-corrected chi connectivity index (χ2v) is 5.14. The number of nitrogens with zero attached hydrogens (tertiary/aromatic N) is 1. The van der Waals surface area contributed by atoms with Gasteiger partial charge in [-0.05, 0) is 17.7 Å². The first-order chi connectivity index (χ1) is 9.61. The van der Waals surface area contributed by atoms with Gasteiger partial charge < -0.3 is 4.18 Å². The van der Waals surface area contributed by atoms with Crippen LogP contribution < -0.4 is 0 Å². The first-order valence-electron chi connectivity index (χ1n) is 5.76. The smallest absolute Gasteiger partial charge is 0.315 e. The molecule has 100 valence electrons. The van der Waals surface area contributed by atoms with Crippen molar-refractivity contribution in [1.29, 1.82) is 5.26 Å². The lowest BCUT2D eigenvalue weighted by Gasteiger charge is -2.11. The maximum Gasteiger partial charge on any atom is 0.315 e. The van der Waals surface area contributed by atoms with Crippen LogP contribution in [0, 0.1) is 11.3 Å². The summed E-state index contributed by atoms with van der Waals surface area (Å²) in [6, 6.07) is 14.9. The fourth-order valence-corrected chi connectivity index (χ4v) is 2.58. The van der Waals surface area contributed by atoms with E-state index in [0.717, 1.165) is 23.2 Å². The molecular weight excluding hydrogens is 294 g/mol. The zero-order valence-corrected chi connectivity index (χ0v) is 12.2. The van der Waals surface area contributed by atoms with Crippen LogP contribution in [0.25, 0.3) is 11.1 Å². The van der Waals surface area contributed by atoms with Crippen molar-refractivity contribution in [3.63, 3.8) is 0 Å². The molecule has 20 heavy (non-hydrogen) atoms. The zero-order chi connectivity index (χ0) is 14.5. The summed E-state index contributed by atoms with van der Waals surface area (Å²) < 4.78 is 4.96. The van der Waals surface area contributed by atoms with E-state index >= 15 is 0 Å². The summed E-state index contributed by atoms with van der Waals surface area (Å²) in [5, 5.41) is 9.68. The van der Waals surface area contributed by atoms with Gasteiger partial charge in [-0.2, -0.15) is 5.26 Å². The van der Waals surface area contributed by atoms with Crippen LogP contribution in [0.1, 0.15) is 12.5 Å². The van der Waals surface area contributed by atoms with Crippen molar-refractivity contribution in [1.82, 2.24) is 0 Å². The average molecular weight is 304 g/mol. The number of hydrogen-bond acceptors (Lipinski definition) is 4. The summed E-state index contributed by atoms with van der Waals surface area (Å²) in [6.07, 6.45) is 0. The van der Waals surface area contributed by atoms with Crippen molar-refractivity contribution in [3.8, 4) is 17.2 Å². The molecule has 0 aromatic heterocycles. The van der Waals surface area contributed by atoms with E-state index in [-0.39, 0.29) is 0 Å². The minimum absolute atomic E-state index is 0.377. The third-order valence-electron chi connectivity index (χ3n) is 2.50. The van der Waals surface area contributed by atoms with Gasteiger partial charge >= 0.3 is 5.97 Å². The molecular formula is C15H10ClNO2S. The third-order valence-corrected chi connectivity index (χ3v) is 3.64. The maximum atomic E-state index is 11.0. The fourth-order valence-electron chi connectivity index (χ4n) is 1.70. The van der Waals surface area contributed by atoms with Crippen LogP contribution in [0.3, 0.4) is 0 Å². The fraction of sp³-hybridized carbons (Fsp3) is 0.0667. The van der Waals surface area contributed by atoms with Gasteiger partial charge in [-0.1, -0.05) is 41.9 Å². The highest BCUT2D eigenvalue weighted by Crippen LogP contribution is 2.37. The van der Waals surface area contributed by atoms with Crippen LogP contribution in [-0.4, -0.2) is 5.97 Å². The van der Waals surface area contributed by atoms with E-state index < -0.39 is 5.97 Å². The van der Waals surface area contributed by atoms with Gasteiger partial charge in [-0.25, -0.2) is 0 Å². The van der Waals surface area contributed by atoms with E-state index in [1.807, 2.05) is 30.3 Å². The third kappa shape index (κ3) is 3.32. The SMILES string of the molecule is CC(=O)OSc1c(C#N)cc(Cl)cc1-c1ccccc1. The molecule has 0 N–H and O–H groups in total. The predicted molar refractivity (Wildman–Crippen MR) is 79.2 cm³/mol. The Morgan fingerprint density at radius 3 is 2.60 bits per heavy atom. The van der Waals surface area contributed by atoms with Crippen molar-refractivity contribution >= 4 is 29.6 Å². The molecule has 2 rings (SSSR count). The molecule has 0 amide bonds. The standard InChI is InChI=1S/C15H10ClNO2S/c1-10(18)19-20-15-12(9-17)7-13(16)8-14(15)11-5-3-2-4-6-11/h2-8H,1H3. The van der Waals surface area contributed by atoms with Gasteiger partial charge in [0.05, 0.1) is 22.5 Å². The highest BCUT2D eigenvalue weighted by molar-refractivity contribution is 7.95. The minimum Gasteiger partial charge on any atom is -0.386 e. The van der Waals surface area contributed by atoms with E-state index in [1.165, 1.54) is 6.92 Å². The molecule has 0 fully saturated rings. The monoisotopic (exact) mass is 303 g/mol. The van der Waals surface area contributed by atoms with E-state index in [9.17, 15) is 10.1 Å². The molecule has 0 aliphatic rings. The van der Waals surface area contributed by atoms with Gasteiger partial charge in [0.1, 0.15) is 6.07 Å². The summed E-state index contributed by atoms with van der Waals surface area (Å²) in [7, 11) is 0. The molecule has 2 aromatic carbocycles. The molecule has 0 saturated heterocycles. The molecule has 0 radical (unpaired) electrons. The van der Waals surface area contributed by atoms with Gasteiger partial charge in [0.15, 0.2) is 0 Å². The number of nitriles is 1. The lowest BCUT2D eigenvalue weighted by atomic mass is 10.0. The summed E-state index contributed by atoms with van der Waals surface area (Å²) in [5.41, 5.74) is 2.05. The van der Waals surface area contributed by atoms with Crippen LogP contribution in [0.2, 0.25) is 5.02 Å².